The molecule has 26 heavy (non-hydrogen) atoms. The Kier molecular flexibility index (Phi) is 5.71. The van der Waals surface area contributed by atoms with Crippen LogP contribution in [-0.4, -0.2) is 40.5 Å². The van der Waals surface area contributed by atoms with Crippen LogP contribution in [0, 0.1) is 18.7 Å². The molecule has 3 rings (SSSR count). The summed E-state index contributed by atoms with van der Waals surface area (Å²) in [6.07, 6.45) is 1.05. The molecule has 1 aromatic heterocycles. The van der Waals surface area contributed by atoms with Crippen molar-refractivity contribution >= 4 is 11.8 Å². The second kappa shape index (κ2) is 7.99. The molecule has 6 heteroatoms. The van der Waals surface area contributed by atoms with Crippen LogP contribution in [0.1, 0.15) is 31.5 Å². The molecule has 0 unspecified atom stereocenters. The molecule has 0 bridgehead atoms. The van der Waals surface area contributed by atoms with Gasteiger partial charge in [0.1, 0.15) is 11.6 Å². The van der Waals surface area contributed by atoms with Gasteiger partial charge in [-0.25, -0.2) is 9.37 Å². The van der Waals surface area contributed by atoms with E-state index in [1.54, 1.807) is 0 Å². The van der Waals surface area contributed by atoms with Gasteiger partial charge in [0.15, 0.2) is 0 Å². The first-order chi connectivity index (χ1) is 12.4. The molecule has 0 saturated carbocycles. The quantitative estimate of drug-likeness (QED) is 0.910. The zero-order chi connectivity index (χ0) is 18.7. The van der Waals surface area contributed by atoms with Gasteiger partial charge in [0.2, 0.25) is 5.95 Å². The van der Waals surface area contributed by atoms with E-state index in [9.17, 15) is 4.39 Å². The SMILES string of the molecule is Cc1cc(N2CCCN(Cc3ccc(F)cc3)[C@@H](C(C)C)C2)nc(N)n1. The van der Waals surface area contributed by atoms with Crippen molar-refractivity contribution in [3.63, 3.8) is 0 Å². The number of hydrogen-bond donors (Lipinski definition) is 1. The predicted molar refractivity (Wildman–Crippen MR) is 103 cm³/mol. The van der Waals surface area contributed by atoms with Crippen LogP contribution in [0.25, 0.3) is 0 Å². The minimum Gasteiger partial charge on any atom is -0.368 e. The molecule has 2 N–H and O–H groups in total. The molecule has 0 spiro atoms. The van der Waals surface area contributed by atoms with Crippen molar-refractivity contribution in [2.24, 2.45) is 5.92 Å². The van der Waals surface area contributed by atoms with Crippen molar-refractivity contribution in [2.45, 2.75) is 39.8 Å². The van der Waals surface area contributed by atoms with E-state index in [0.717, 1.165) is 49.7 Å². The first kappa shape index (κ1) is 18.6. The van der Waals surface area contributed by atoms with Crippen molar-refractivity contribution in [2.75, 3.05) is 30.3 Å². The van der Waals surface area contributed by atoms with Crippen LogP contribution >= 0.6 is 0 Å². The molecule has 0 radical (unpaired) electrons. The Bertz CT molecular complexity index is 711. The molecule has 2 heterocycles. The summed E-state index contributed by atoms with van der Waals surface area (Å²) in [4.78, 5) is 13.5. The predicted octanol–water partition coefficient (Wildman–Crippen LogP) is 3.24. The highest BCUT2D eigenvalue weighted by molar-refractivity contribution is 5.43. The summed E-state index contributed by atoms with van der Waals surface area (Å²) in [7, 11) is 0. The van der Waals surface area contributed by atoms with E-state index < -0.39 is 0 Å². The fourth-order valence-electron chi connectivity index (χ4n) is 3.66. The molecular formula is C20H28FN5. The molecule has 1 fully saturated rings. The molecule has 2 aromatic rings. The summed E-state index contributed by atoms with van der Waals surface area (Å²) in [5.74, 6) is 1.54. The molecule has 1 aliphatic rings. The first-order valence-electron chi connectivity index (χ1n) is 9.27. The lowest BCUT2D eigenvalue weighted by Gasteiger charge is -2.35. The molecule has 0 amide bonds. The molecule has 5 nitrogen and oxygen atoms in total. The minimum atomic E-state index is -0.187. The Labute approximate surface area is 155 Å². The van der Waals surface area contributed by atoms with Gasteiger partial charge in [-0.05, 0) is 37.0 Å². The summed E-state index contributed by atoms with van der Waals surface area (Å²) < 4.78 is 13.2. The summed E-state index contributed by atoms with van der Waals surface area (Å²) >= 11 is 0. The molecule has 1 saturated heterocycles. The second-order valence-corrected chi connectivity index (χ2v) is 7.43. The highest BCUT2D eigenvalue weighted by Crippen LogP contribution is 2.23. The lowest BCUT2D eigenvalue weighted by atomic mass is 10.0. The topological polar surface area (TPSA) is 58.3 Å². The van der Waals surface area contributed by atoms with E-state index in [4.69, 9.17) is 5.73 Å². The Hall–Kier alpha value is -2.21. The van der Waals surface area contributed by atoms with Crippen LogP contribution in [0.5, 0.6) is 0 Å². The Morgan fingerprint density at radius 3 is 2.58 bits per heavy atom. The number of benzene rings is 1. The molecule has 1 aromatic carbocycles. The molecule has 140 valence electrons. The van der Waals surface area contributed by atoms with Crippen molar-refractivity contribution in [1.29, 1.82) is 0 Å². The van der Waals surface area contributed by atoms with Gasteiger partial charge in [0.25, 0.3) is 0 Å². The summed E-state index contributed by atoms with van der Waals surface area (Å²) in [6.45, 7) is 10.1. The average Bonchev–Trinajstić information content (AvgIpc) is 2.79. The number of aromatic nitrogens is 2. The van der Waals surface area contributed by atoms with Crippen molar-refractivity contribution in [3.05, 3.63) is 47.4 Å². The molecule has 1 atom stereocenters. The van der Waals surface area contributed by atoms with Crippen molar-refractivity contribution < 1.29 is 4.39 Å². The number of nitrogens with two attached hydrogens (primary N) is 1. The standard InChI is InChI=1S/C20H28FN5/c1-14(2)18-13-26(19-11-15(3)23-20(22)24-19)10-4-9-25(18)12-16-5-7-17(21)8-6-16/h5-8,11,14,18H,4,9-10,12-13H2,1-3H3,(H2,22,23,24)/t18-/m1/s1. The molecule has 0 aliphatic carbocycles. The van der Waals surface area contributed by atoms with Gasteiger partial charge in [0, 0.05) is 44.0 Å². The van der Waals surface area contributed by atoms with Gasteiger partial charge in [-0.1, -0.05) is 26.0 Å². The van der Waals surface area contributed by atoms with Gasteiger partial charge in [-0.2, -0.15) is 4.98 Å². The third-order valence-electron chi connectivity index (χ3n) is 5.00. The van der Waals surface area contributed by atoms with Crippen LogP contribution in [0.2, 0.25) is 0 Å². The van der Waals surface area contributed by atoms with Gasteiger partial charge in [-0.3, -0.25) is 4.90 Å². The number of hydrogen-bond acceptors (Lipinski definition) is 5. The number of halogens is 1. The fraction of sp³-hybridized carbons (Fsp3) is 0.500. The lowest BCUT2D eigenvalue weighted by molar-refractivity contribution is 0.161. The van der Waals surface area contributed by atoms with Crippen LogP contribution < -0.4 is 10.6 Å². The van der Waals surface area contributed by atoms with E-state index in [2.05, 4.69) is 33.6 Å². The number of anilines is 2. The maximum absolute atomic E-state index is 13.2. The molecule has 1 aliphatic heterocycles. The highest BCUT2D eigenvalue weighted by atomic mass is 19.1. The smallest absolute Gasteiger partial charge is 0.222 e. The highest BCUT2D eigenvalue weighted by Gasteiger charge is 2.28. The molecular weight excluding hydrogens is 329 g/mol. The Morgan fingerprint density at radius 1 is 1.19 bits per heavy atom. The summed E-state index contributed by atoms with van der Waals surface area (Å²) in [6, 6.07) is 9.22. The second-order valence-electron chi connectivity index (χ2n) is 7.43. The number of nitrogens with zero attached hydrogens (tertiary/aromatic N) is 4. The normalized spacial score (nSPS) is 19.0. The van der Waals surface area contributed by atoms with Gasteiger partial charge < -0.3 is 10.6 Å². The van der Waals surface area contributed by atoms with Crippen LogP contribution in [0.15, 0.2) is 30.3 Å². The van der Waals surface area contributed by atoms with E-state index in [0.29, 0.717) is 17.9 Å². The van der Waals surface area contributed by atoms with E-state index in [-0.39, 0.29) is 5.82 Å². The third-order valence-corrected chi connectivity index (χ3v) is 5.00. The number of rotatable bonds is 4. The number of nitrogen functional groups attached to an aromatic ring is 1. The largest absolute Gasteiger partial charge is 0.368 e. The lowest BCUT2D eigenvalue weighted by Crippen LogP contribution is -2.44. The van der Waals surface area contributed by atoms with E-state index in [1.807, 2.05) is 25.1 Å². The first-order valence-corrected chi connectivity index (χ1v) is 9.27. The zero-order valence-corrected chi connectivity index (χ0v) is 15.8. The average molecular weight is 357 g/mol. The summed E-state index contributed by atoms with van der Waals surface area (Å²) in [5.41, 5.74) is 7.89. The third kappa shape index (κ3) is 4.49. The van der Waals surface area contributed by atoms with Crippen LogP contribution in [-0.2, 0) is 6.54 Å². The number of aryl methyl sites for hydroxylation is 1. The van der Waals surface area contributed by atoms with Crippen molar-refractivity contribution in [1.82, 2.24) is 14.9 Å². The Balaban J connectivity index is 1.79. The Morgan fingerprint density at radius 2 is 1.92 bits per heavy atom. The van der Waals surface area contributed by atoms with Gasteiger partial charge in [0.05, 0.1) is 0 Å². The summed E-state index contributed by atoms with van der Waals surface area (Å²) in [5, 5.41) is 0. The van der Waals surface area contributed by atoms with E-state index in [1.165, 1.54) is 12.1 Å². The maximum atomic E-state index is 13.2. The maximum Gasteiger partial charge on any atom is 0.222 e. The van der Waals surface area contributed by atoms with Gasteiger partial charge in [-0.15, -0.1) is 0 Å². The fourth-order valence-corrected chi connectivity index (χ4v) is 3.66. The van der Waals surface area contributed by atoms with Crippen LogP contribution in [0.3, 0.4) is 0 Å². The zero-order valence-electron chi connectivity index (χ0n) is 15.8. The minimum absolute atomic E-state index is 0.187. The monoisotopic (exact) mass is 357 g/mol. The van der Waals surface area contributed by atoms with Crippen LogP contribution in [0.4, 0.5) is 16.2 Å². The van der Waals surface area contributed by atoms with Crippen molar-refractivity contribution in [3.8, 4) is 0 Å². The van der Waals surface area contributed by atoms with Gasteiger partial charge >= 0.3 is 0 Å². The van der Waals surface area contributed by atoms with E-state index >= 15 is 0 Å².